The number of phenols is 1. The molecule has 84 valence electrons. The van der Waals surface area contributed by atoms with E-state index in [1.165, 1.54) is 12.8 Å². The lowest BCUT2D eigenvalue weighted by atomic mass is 10.1. The molecule has 0 aliphatic carbocycles. The maximum absolute atomic E-state index is 9.11. The predicted octanol–water partition coefficient (Wildman–Crippen LogP) is 3.99. The van der Waals surface area contributed by atoms with E-state index < -0.39 is 0 Å². The second-order valence-corrected chi connectivity index (χ2v) is 3.80. The fraction of sp³-hybridized carbons (Fsp3) is 0.333. The van der Waals surface area contributed by atoms with E-state index in [4.69, 9.17) is 11.5 Å². The number of benzene rings is 1. The van der Waals surface area contributed by atoms with Crippen LogP contribution in [0.1, 0.15) is 37.7 Å². The van der Waals surface area contributed by atoms with Gasteiger partial charge in [-0.15, -0.1) is 12.3 Å². The van der Waals surface area contributed by atoms with E-state index in [-0.39, 0.29) is 0 Å². The Balaban J connectivity index is 2.17. The molecule has 1 rings (SSSR count). The highest BCUT2D eigenvalue weighted by atomic mass is 16.3. The number of allylic oxidation sites excluding steroid dienone is 1. The molecule has 1 nitrogen and oxygen atoms in total. The van der Waals surface area contributed by atoms with Gasteiger partial charge in [-0.25, -0.2) is 0 Å². The molecule has 0 aliphatic heterocycles. The number of rotatable bonds is 6. The van der Waals surface area contributed by atoms with Crippen LogP contribution >= 0.6 is 0 Å². The zero-order valence-electron chi connectivity index (χ0n) is 9.52. The molecule has 1 aromatic carbocycles. The van der Waals surface area contributed by atoms with Gasteiger partial charge in [-0.3, -0.25) is 0 Å². The first kappa shape index (κ1) is 12.4. The molecule has 0 saturated carbocycles. The number of aromatic hydroxyl groups is 1. The second-order valence-electron chi connectivity index (χ2n) is 3.80. The van der Waals surface area contributed by atoms with Crippen molar-refractivity contribution in [3.05, 3.63) is 35.9 Å². The van der Waals surface area contributed by atoms with E-state index in [0.29, 0.717) is 5.75 Å². The average molecular weight is 214 g/mol. The topological polar surface area (TPSA) is 20.2 Å². The number of hydrogen-bond donors (Lipinski definition) is 1. The molecule has 1 aromatic rings. The van der Waals surface area contributed by atoms with E-state index >= 15 is 0 Å². The Morgan fingerprint density at radius 2 is 1.88 bits per heavy atom. The molecule has 0 amide bonds. The third kappa shape index (κ3) is 5.26. The highest BCUT2D eigenvalue weighted by molar-refractivity contribution is 5.50. The van der Waals surface area contributed by atoms with E-state index in [9.17, 15) is 0 Å². The summed E-state index contributed by atoms with van der Waals surface area (Å²) in [6, 6.07) is 7.22. The Morgan fingerprint density at radius 3 is 2.56 bits per heavy atom. The molecule has 0 heterocycles. The van der Waals surface area contributed by atoms with Gasteiger partial charge in [0.2, 0.25) is 0 Å². The lowest BCUT2D eigenvalue weighted by molar-refractivity contribution is 0.475. The van der Waals surface area contributed by atoms with Crippen LogP contribution in [0.2, 0.25) is 0 Å². The first-order valence-electron chi connectivity index (χ1n) is 5.72. The molecule has 0 saturated heterocycles. The minimum Gasteiger partial charge on any atom is -0.508 e. The molecule has 0 aliphatic rings. The molecule has 0 bridgehead atoms. The SMILES string of the molecule is C#CCCCCC/C=C/c1ccc(O)cc1. The molecule has 16 heavy (non-hydrogen) atoms. The first-order chi connectivity index (χ1) is 7.83. The average Bonchev–Trinajstić information content (AvgIpc) is 2.30. The van der Waals surface area contributed by atoms with Crippen molar-refractivity contribution in [2.24, 2.45) is 0 Å². The van der Waals surface area contributed by atoms with Crippen LogP contribution in [-0.4, -0.2) is 5.11 Å². The summed E-state index contributed by atoms with van der Waals surface area (Å²) in [4.78, 5) is 0. The van der Waals surface area contributed by atoms with E-state index in [1.807, 2.05) is 12.1 Å². The standard InChI is InChI=1S/C15H18O/c1-2-3-4-5-6-7-8-9-14-10-12-15(16)13-11-14/h1,8-13,16H,3-7H2/b9-8+. The summed E-state index contributed by atoms with van der Waals surface area (Å²) in [5.41, 5.74) is 1.13. The number of terminal acetylenes is 1. The summed E-state index contributed by atoms with van der Waals surface area (Å²) < 4.78 is 0. The van der Waals surface area contributed by atoms with Crippen LogP contribution < -0.4 is 0 Å². The van der Waals surface area contributed by atoms with Gasteiger partial charge in [-0.2, -0.15) is 0 Å². The summed E-state index contributed by atoms with van der Waals surface area (Å²) in [5.74, 6) is 2.96. The predicted molar refractivity (Wildman–Crippen MR) is 69.1 cm³/mol. The van der Waals surface area contributed by atoms with Gasteiger partial charge in [0.25, 0.3) is 0 Å². The molecular formula is C15H18O. The third-order valence-corrected chi connectivity index (χ3v) is 2.40. The molecule has 0 unspecified atom stereocenters. The molecule has 0 radical (unpaired) electrons. The van der Waals surface area contributed by atoms with E-state index in [0.717, 1.165) is 24.8 Å². The molecule has 1 N–H and O–H groups in total. The highest BCUT2D eigenvalue weighted by Gasteiger charge is 1.88. The number of phenolic OH excluding ortho intramolecular Hbond substituents is 1. The third-order valence-electron chi connectivity index (χ3n) is 2.40. The molecular weight excluding hydrogens is 196 g/mol. The number of hydrogen-bond acceptors (Lipinski definition) is 1. The smallest absolute Gasteiger partial charge is 0.115 e. The van der Waals surface area contributed by atoms with Crippen molar-refractivity contribution in [1.82, 2.24) is 0 Å². The van der Waals surface area contributed by atoms with Crippen LogP contribution in [0, 0.1) is 12.3 Å². The summed E-state index contributed by atoms with van der Waals surface area (Å²) in [5, 5.41) is 9.11. The Kier molecular flexibility index (Phi) is 5.88. The lowest BCUT2D eigenvalue weighted by Gasteiger charge is -1.95. The molecule has 0 atom stereocenters. The fourth-order valence-electron chi connectivity index (χ4n) is 1.47. The zero-order chi connectivity index (χ0) is 11.6. The summed E-state index contributed by atoms with van der Waals surface area (Å²) in [6.45, 7) is 0. The van der Waals surface area contributed by atoms with Gasteiger partial charge < -0.3 is 5.11 Å². The minimum atomic E-state index is 0.312. The summed E-state index contributed by atoms with van der Waals surface area (Å²) in [7, 11) is 0. The van der Waals surface area contributed by atoms with Gasteiger partial charge >= 0.3 is 0 Å². The molecule has 0 spiro atoms. The van der Waals surface area contributed by atoms with Crippen molar-refractivity contribution in [3.8, 4) is 18.1 Å². The molecule has 1 heteroatoms. The molecule has 0 fully saturated rings. The van der Waals surface area contributed by atoms with Crippen LogP contribution in [0.3, 0.4) is 0 Å². The maximum Gasteiger partial charge on any atom is 0.115 e. The summed E-state index contributed by atoms with van der Waals surface area (Å²) in [6.07, 6.45) is 14.9. The normalized spacial score (nSPS) is 10.4. The van der Waals surface area contributed by atoms with Gasteiger partial charge in [-0.1, -0.05) is 30.7 Å². The largest absolute Gasteiger partial charge is 0.508 e. The van der Waals surface area contributed by atoms with Gasteiger partial charge in [0.15, 0.2) is 0 Å². The Bertz CT molecular complexity index is 354. The van der Waals surface area contributed by atoms with E-state index in [1.54, 1.807) is 12.1 Å². The van der Waals surface area contributed by atoms with Crippen molar-refractivity contribution in [3.63, 3.8) is 0 Å². The first-order valence-corrected chi connectivity index (χ1v) is 5.72. The van der Waals surface area contributed by atoms with Gasteiger partial charge in [0, 0.05) is 6.42 Å². The van der Waals surface area contributed by atoms with Crippen LogP contribution in [-0.2, 0) is 0 Å². The Labute approximate surface area is 97.8 Å². The van der Waals surface area contributed by atoms with Crippen LogP contribution in [0.15, 0.2) is 30.3 Å². The zero-order valence-corrected chi connectivity index (χ0v) is 9.52. The van der Waals surface area contributed by atoms with Crippen molar-refractivity contribution in [2.75, 3.05) is 0 Å². The van der Waals surface area contributed by atoms with Gasteiger partial charge in [-0.05, 0) is 37.0 Å². The lowest BCUT2D eigenvalue weighted by Crippen LogP contribution is -1.75. The fourth-order valence-corrected chi connectivity index (χ4v) is 1.47. The van der Waals surface area contributed by atoms with Gasteiger partial charge in [0.1, 0.15) is 5.75 Å². The van der Waals surface area contributed by atoms with Crippen LogP contribution in [0.5, 0.6) is 5.75 Å². The Hall–Kier alpha value is -1.68. The van der Waals surface area contributed by atoms with Gasteiger partial charge in [0.05, 0.1) is 0 Å². The summed E-state index contributed by atoms with van der Waals surface area (Å²) >= 11 is 0. The van der Waals surface area contributed by atoms with E-state index in [2.05, 4.69) is 18.1 Å². The Morgan fingerprint density at radius 1 is 1.12 bits per heavy atom. The monoisotopic (exact) mass is 214 g/mol. The second kappa shape index (κ2) is 7.59. The van der Waals surface area contributed by atoms with Crippen LogP contribution in [0.4, 0.5) is 0 Å². The van der Waals surface area contributed by atoms with Crippen molar-refractivity contribution in [2.45, 2.75) is 32.1 Å². The number of unbranched alkanes of at least 4 members (excludes halogenated alkanes) is 4. The molecule has 0 aromatic heterocycles. The van der Waals surface area contributed by atoms with Crippen molar-refractivity contribution in [1.29, 1.82) is 0 Å². The van der Waals surface area contributed by atoms with Crippen molar-refractivity contribution >= 4 is 6.08 Å². The maximum atomic E-state index is 9.11. The minimum absolute atomic E-state index is 0.312. The quantitative estimate of drug-likeness (QED) is 0.560. The highest BCUT2D eigenvalue weighted by Crippen LogP contribution is 2.11. The van der Waals surface area contributed by atoms with Crippen LogP contribution in [0.25, 0.3) is 6.08 Å². The van der Waals surface area contributed by atoms with Crippen molar-refractivity contribution < 1.29 is 5.11 Å².